The zero-order chi connectivity index (χ0) is 14.8. The van der Waals surface area contributed by atoms with Crippen LogP contribution in [0.15, 0.2) is 12.1 Å². The average molecular weight is 318 g/mol. The molecule has 4 nitrogen and oxygen atoms in total. The summed E-state index contributed by atoms with van der Waals surface area (Å²) in [7, 11) is 0. The molecule has 1 N–H and O–H groups in total. The van der Waals surface area contributed by atoms with Gasteiger partial charge in [-0.05, 0) is 37.0 Å². The van der Waals surface area contributed by atoms with Crippen molar-refractivity contribution in [2.75, 3.05) is 6.61 Å². The topological polar surface area (TPSA) is 59.4 Å². The number of hydrogen-bond acceptors (Lipinski definition) is 3. The number of rotatable bonds is 6. The van der Waals surface area contributed by atoms with Gasteiger partial charge < -0.3 is 9.84 Å². The Morgan fingerprint density at radius 1 is 1.45 bits per heavy atom. The molecule has 1 fully saturated rings. The molecular weight excluding hydrogens is 301 g/mol. The molecular formula is C14H17Cl2NO3. The van der Waals surface area contributed by atoms with E-state index in [1.54, 1.807) is 12.1 Å². The molecule has 1 aromatic rings. The molecule has 110 valence electrons. The van der Waals surface area contributed by atoms with Crippen molar-refractivity contribution >= 4 is 29.2 Å². The van der Waals surface area contributed by atoms with Gasteiger partial charge in [0.15, 0.2) is 0 Å². The third-order valence-electron chi connectivity index (χ3n) is 3.73. The predicted molar refractivity (Wildman–Crippen MR) is 77.5 cm³/mol. The first-order valence-electron chi connectivity index (χ1n) is 6.66. The quantitative estimate of drug-likeness (QED) is 0.642. The van der Waals surface area contributed by atoms with Crippen LogP contribution in [0.1, 0.15) is 38.2 Å². The second kappa shape index (κ2) is 6.29. The third kappa shape index (κ3) is 3.08. The summed E-state index contributed by atoms with van der Waals surface area (Å²) in [6.07, 6.45) is 2.93. The summed E-state index contributed by atoms with van der Waals surface area (Å²) in [4.78, 5) is 15.5. The van der Waals surface area contributed by atoms with Crippen LogP contribution in [0.5, 0.6) is 0 Å². The summed E-state index contributed by atoms with van der Waals surface area (Å²) in [5.41, 5.74) is -0.349. The Bertz CT molecular complexity index is 481. The van der Waals surface area contributed by atoms with Crippen molar-refractivity contribution < 1.29 is 14.6 Å². The van der Waals surface area contributed by atoms with Crippen molar-refractivity contribution in [2.45, 2.75) is 44.1 Å². The number of nitrogens with zero attached hydrogens (tertiary/aromatic N) is 1. The van der Waals surface area contributed by atoms with Gasteiger partial charge in [0.05, 0.1) is 11.5 Å². The number of carboxylic acids is 1. The summed E-state index contributed by atoms with van der Waals surface area (Å²) in [5.74, 6) is -0.869. The third-order valence-corrected chi connectivity index (χ3v) is 4.12. The van der Waals surface area contributed by atoms with Gasteiger partial charge in [-0.2, -0.15) is 0 Å². The Labute approximate surface area is 128 Å². The van der Waals surface area contributed by atoms with Crippen molar-refractivity contribution in [3.8, 4) is 0 Å². The van der Waals surface area contributed by atoms with Crippen LogP contribution in [0.2, 0.25) is 10.3 Å². The maximum atomic E-state index is 11.6. The van der Waals surface area contributed by atoms with Gasteiger partial charge in [0.1, 0.15) is 10.3 Å². The molecule has 1 saturated carbocycles. The van der Waals surface area contributed by atoms with Crippen LogP contribution in [0.25, 0.3) is 0 Å². The highest BCUT2D eigenvalue weighted by Gasteiger charge is 2.52. The van der Waals surface area contributed by atoms with E-state index in [0.29, 0.717) is 25.0 Å². The molecule has 0 aromatic carbocycles. The van der Waals surface area contributed by atoms with Crippen LogP contribution in [0.3, 0.4) is 0 Å². The van der Waals surface area contributed by atoms with Gasteiger partial charge in [0, 0.05) is 6.61 Å². The van der Waals surface area contributed by atoms with Gasteiger partial charge in [-0.1, -0.05) is 36.5 Å². The first-order chi connectivity index (χ1) is 9.48. The zero-order valence-corrected chi connectivity index (χ0v) is 12.7. The minimum absolute atomic E-state index is 0.0108. The molecule has 1 aliphatic carbocycles. The zero-order valence-electron chi connectivity index (χ0n) is 11.2. The van der Waals surface area contributed by atoms with E-state index in [0.717, 1.165) is 12.8 Å². The predicted octanol–water partition coefficient (Wildman–Crippen LogP) is 3.69. The molecule has 1 aromatic heterocycles. The van der Waals surface area contributed by atoms with Crippen LogP contribution in [0, 0.1) is 0 Å². The molecule has 0 radical (unpaired) electrons. The summed E-state index contributed by atoms with van der Waals surface area (Å²) >= 11 is 11.7. The highest BCUT2D eigenvalue weighted by atomic mass is 35.5. The van der Waals surface area contributed by atoms with Crippen molar-refractivity contribution in [1.29, 1.82) is 0 Å². The Morgan fingerprint density at radius 3 is 2.55 bits per heavy atom. The van der Waals surface area contributed by atoms with E-state index in [9.17, 15) is 9.90 Å². The number of hydrogen-bond donors (Lipinski definition) is 1. The highest BCUT2D eigenvalue weighted by molar-refractivity contribution is 6.32. The number of carbonyl (C=O) groups is 1. The number of aromatic nitrogens is 1. The molecule has 0 amide bonds. The maximum absolute atomic E-state index is 11.6. The van der Waals surface area contributed by atoms with Crippen LogP contribution in [-0.2, 0) is 14.9 Å². The number of pyridine rings is 1. The molecule has 0 saturated heterocycles. The second-order valence-electron chi connectivity index (χ2n) is 5.14. The lowest BCUT2D eigenvalue weighted by Gasteiger charge is -2.44. The van der Waals surface area contributed by atoms with Gasteiger partial charge in [-0.3, -0.25) is 4.79 Å². The van der Waals surface area contributed by atoms with Crippen molar-refractivity contribution in [1.82, 2.24) is 4.98 Å². The van der Waals surface area contributed by atoms with Crippen LogP contribution >= 0.6 is 23.2 Å². The molecule has 0 bridgehead atoms. The lowest BCUT2D eigenvalue weighted by Crippen LogP contribution is -2.51. The Hall–Kier alpha value is -0.840. The number of unbranched alkanes of at least 4 members (excludes halogenated alkanes) is 1. The standard InChI is InChI=1S/C14H17Cl2NO3/c1-2-3-4-20-10-7-14(8-10,13(18)19)9-5-11(15)17-12(16)6-9/h5-6,10H,2-4,7-8H2,1H3,(H,18,19). The van der Waals surface area contributed by atoms with Crippen LogP contribution in [0.4, 0.5) is 0 Å². The number of ether oxygens (including phenoxy) is 1. The summed E-state index contributed by atoms with van der Waals surface area (Å²) < 4.78 is 5.66. The fraction of sp³-hybridized carbons (Fsp3) is 0.571. The minimum Gasteiger partial charge on any atom is -0.481 e. The average Bonchev–Trinajstić information content (AvgIpc) is 2.30. The lowest BCUT2D eigenvalue weighted by molar-refractivity contribution is -0.156. The van der Waals surface area contributed by atoms with E-state index in [-0.39, 0.29) is 16.4 Å². The minimum atomic E-state index is -0.951. The van der Waals surface area contributed by atoms with Crippen LogP contribution in [-0.4, -0.2) is 28.8 Å². The summed E-state index contributed by atoms with van der Waals surface area (Å²) in [6.45, 7) is 2.77. The van der Waals surface area contributed by atoms with E-state index < -0.39 is 11.4 Å². The van der Waals surface area contributed by atoms with E-state index in [4.69, 9.17) is 27.9 Å². The second-order valence-corrected chi connectivity index (χ2v) is 5.92. The van der Waals surface area contributed by atoms with Crippen molar-refractivity contribution in [3.05, 3.63) is 28.0 Å². The first kappa shape index (κ1) is 15.5. The molecule has 6 heteroatoms. The van der Waals surface area contributed by atoms with E-state index in [2.05, 4.69) is 11.9 Å². The fourth-order valence-electron chi connectivity index (χ4n) is 2.50. The Morgan fingerprint density at radius 2 is 2.05 bits per heavy atom. The maximum Gasteiger partial charge on any atom is 0.314 e. The Balaban J connectivity index is 2.11. The molecule has 1 aliphatic rings. The summed E-state index contributed by atoms with van der Waals surface area (Å²) in [5, 5.41) is 9.97. The monoisotopic (exact) mass is 317 g/mol. The van der Waals surface area contributed by atoms with Gasteiger partial charge in [0.25, 0.3) is 0 Å². The highest BCUT2D eigenvalue weighted by Crippen LogP contribution is 2.46. The smallest absolute Gasteiger partial charge is 0.314 e. The van der Waals surface area contributed by atoms with Crippen LogP contribution < -0.4 is 0 Å². The molecule has 0 atom stereocenters. The largest absolute Gasteiger partial charge is 0.481 e. The molecule has 0 spiro atoms. The van der Waals surface area contributed by atoms with E-state index >= 15 is 0 Å². The molecule has 2 rings (SSSR count). The van der Waals surface area contributed by atoms with Crippen molar-refractivity contribution in [2.24, 2.45) is 0 Å². The summed E-state index contributed by atoms with van der Waals surface area (Å²) in [6, 6.07) is 3.15. The van der Waals surface area contributed by atoms with Gasteiger partial charge in [-0.25, -0.2) is 4.98 Å². The molecule has 0 unspecified atom stereocenters. The van der Waals surface area contributed by atoms with Gasteiger partial charge in [0.2, 0.25) is 0 Å². The first-order valence-corrected chi connectivity index (χ1v) is 7.42. The normalized spacial score (nSPS) is 25.2. The number of aliphatic carboxylic acids is 1. The Kier molecular flexibility index (Phi) is 4.89. The van der Waals surface area contributed by atoms with Crippen molar-refractivity contribution in [3.63, 3.8) is 0 Å². The molecule has 1 heterocycles. The molecule has 20 heavy (non-hydrogen) atoms. The SMILES string of the molecule is CCCCOC1CC(C(=O)O)(c2cc(Cl)nc(Cl)c2)C1. The number of halogens is 2. The molecule has 0 aliphatic heterocycles. The lowest BCUT2D eigenvalue weighted by atomic mass is 9.63. The van der Waals surface area contributed by atoms with E-state index in [1.807, 2.05) is 0 Å². The van der Waals surface area contributed by atoms with E-state index in [1.165, 1.54) is 0 Å². The number of carboxylic acid groups (broad SMARTS) is 1. The van der Waals surface area contributed by atoms with Gasteiger partial charge in [-0.15, -0.1) is 0 Å². The fourth-order valence-corrected chi connectivity index (χ4v) is 2.97. The van der Waals surface area contributed by atoms with Gasteiger partial charge >= 0.3 is 5.97 Å².